The molecule has 0 fully saturated rings. The minimum atomic E-state index is -3.60. The molecule has 172 valence electrons. The summed E-state index contributed by atoms with van der Waals surface area (Å²) in [4.78, 5) is 21.8. The average Bonchev–Trinajstić information content (AvgIpc) is 3.18. The molecule has 3 aromatic rings. The maximum absolute atomic E-state index is 13.2. The predicted octanol–water partition coefficient (Wildman–Crippen LogP) is 5.25. The number of benzene rings is 2. The van der Waals surface area contributed by atoms with Crippen molar-refractivity contribution < 1.29 is 13.2 Å². The van der Waals surface area contributed by atoms with E-state index in [-0.39, 0.29) is 23.0 Å². The lowest BCUT2D eigenvalue weighted by Gasteiger charge is -2.24. The number of carbonyl (C=O) groups is 1. The molecule has 0 aliphatic rings. The Morgan fingerprint density at radius 3 is 2.44 bits per heavy atom. The standard InChI is InChI=1S/C22H25BrClN3O3S2/c1-3-26(4-2)12-13-27(22-25-19-10-5-16(23)15-20(19)31-22)21(28)11-14-32(29,30)18-8-6-17(24)7-9-18/h5-10,15H,3-4,11-14H2,1-2H3. The molecule has 0 N–H and O–H groups in total. The molecule has 0 radical (unpaired) electrons. The molecule has 0 spiro atoms. The number of aromatic nitrogens is 1. The molecule has 6 nitrogen and oxygen atoms in total. The molecule has 1 amide bonds. The van der Waals surface area contributed by atoms with Crippen LogP contribution in [0.4, 0.5) is 5.13 Å². The highest BCUT2D eigenvalue weighted by Crippen LogP contribution is 2.31. The predicted molar refractivity (Wildman–Crippen MR) is 136 cm³/mol. The lowest BCUT2D eigenvalue weighted by Crippen LogP contribution is -2.39. The fraction of sp³-hybridized carbons (Fsp3) is 0.364. The van der Waals surface area contributed by atoms with Gasteiger partial charge in [-0.15, -0.1) is 0 Å². The molecule has 0 saturated carbocycles. The van der Waals surface area contributed by atoms with Gasteiger partial charge in [0.25, 0.3) is 0 Å². The molecule has 1 heterocycles. The molecule has 0 atom stereocenters. The van der Waals surface area contributed by atoms with Crippen molar-refractivity contribution in [2.75, 3.05) is 36.8 Å². The molecule has 0 aliphatic heterocycles. The number of rotatable bonds is 10. The SMILES string of the molecule is CCN(CC)CCN(C(=O)CCS(=O)(=O)c1ccc(Cl)cc1)c1nc2ccc(Br)cc2s1. The van der Waals surface area contributed by atoms with E-state index in [1.165, 1.54) is 35.6 Å². The molecule has 0 bridgehead atoms. The number of nitrogens with zero attached hydrogens (tertiary/aromatic N) is 3. The Hall–Kier alpha value is -1.52. The Morgan fingerprint density at radius 1 is 1.09 bits per heavy atom. The molecule has 32 heavy (non-hydrogen) atoms. The summed E-state index contributed by atoms with van der Waals surface area (Å²) in [7, 11) is -3.60. The van der Waals surface area contributed by atoms with Crippen LogP contribution in [0.5, 0.6) is 0 Å². The summed E-state index contributed by atoms with van der Waals surface area (Å²) in [5, 5.41) is 1.05. The summed E-state index contributed by atoms with van der Waals surface area (Å²) in [6.07, 6.45) is -0.122. The highest BCUT2D eigenvalue weighted by Gasteiger charge is 2.23. The zero-order valence-corrected chi connectivity index (χ0v) is 21.9. The fourth-order valence-corrected chi connectivity index (χ4v) is 6.14. The number of sulfone groups is 1. The summed E-state index contributed by atoms with van der Waals surface area (Å²) in [5.41, 5.74) is 0.808. The second-order valence-corrected chi connectivity index (χ2v) is 11.7. The molecule has 0 aliphatic carbocycles. The van der Waals surface area contributed by atoms with Gasteiger partial charge >= 0.3 is 0 Å². The first-order valence-corrected chi connectivity index (χ1v) is 13.9. The van der Waals surface area contributed by atoms with Gasteiger partial charge in [-0.3, -0.25) is 9.69 Å². The number of amides is 1. The third-order valence-electron chi connectivity index (χ3n) is 5.16. The largest absolute Gasteiger partial charge is 0.302 e. The van der Waals surface area contributed by atoms with Crippen molar-refractivity contribution in [3.63, 3.8) is 0 Å². The van der Waals surface area contributed by atoms with Crippen molar-refractivity contribution in [1.82, 2.24) is 9.88 Å². The zero-order valence-electron chi connectivity index (χ0n) is 17.9. The van der Waals surface area contributed by atoms with E-state index in [0.717, 1.165) is 27.8 Å². The van der Waals surface area contributed by atoms with Gasteiger partial charge in [-0.25, -0.2) is 13.4 Å². The Morgan fingerprint density at radius 2 is 1.78 bits per heavy atom. The highest BCUT2D eigenvalue weighted by molar-refractivity contribution is 9.10. The Kier molecular flexibility index (Phi) is 8.68. The van der Waals surface area contributed by atoms with Crippen LogP contribution in [0.15, 0.2) is 51.8 Å². The van der Waals surface area contributed by atoms with Gasteiger partial charge in [0, 0.05) is 29.0 Å². The lowest BCUT2D eigenvalue weighted by atomic mass is 10.3. The highest BCUT2D eigenvalue weighted by atomic mass is 79.9. The summed E-state index contributed by atoms with van der Waals surface area (Å²) in [6.45, 7) is 7.02. The van der Waals surface area contributed by atoms with E-state index in [4.69, 9.17) is 11.6 Å². The van der Waals surface area contributed by atoms with Crippen LogP contribution in [0.1, 0.15) is 20.3 Å². The van der Waals surface area contributed by atoms with Crippen molar-refractivity contribution >= 4 is 70.0 Å². The molecule has 10 heteroatoms. The van der Waals surface area contributed by atoms with E-state index in [0.29, 0.717) is 23.2 Å². The third-order valence-corrected chi connectivity index (χ3v) is 8.68. The van der Waals surface area contributed by atoms with E-state index in [1.54, 1.807) is 4.90 Å². The minimum Gasteiger partial charge on any atom is -0.302 e. The molecule has 1 aromatic heterocycles. The van der Waals surface area contributed by atoms with Crippen LogP contribution in [0.25, 0.3) is 10.2 Å². The molecular formula is C22H25BrClN3O3S2. The average molecular weight is 559 g/mol. The van der Waals surface area contributed by atoms with Crippen LogP contribution in [-0.2, 0) is 14.6 Å². The van der Waals surface area contributed by atoms with Gasteiger partial charge < -0.3 is 4.90 Å². The van der Waals surface area contributed by atoms with E-state index >= 15 is 0 Å². The monoisotopic (exact) mass is 557 g/mol. The number of hydrogen-bond acceptors (Lipinski definition) is 6. The Bertz CT molecular complexity index is 1180. The van der Waals surface area contributed by atoms with Crippen LogP contribution in [0.2, 0.25) is 5.02 Å². The van der Waals surface area contributed by atoms with E-state index in [1.807, 2.05) is 18.2 Å². The van der Waals surface area contributed by atoms with Crippen molar-refractivity contribution in [1.29, 1.82) is 0 Å². The topological polar surface area (TPSA) is 70.6 Å². The first kappa shape index (κ1) is 25.1. The van der Waals surface area contributed by atoms with Gasteiger partial charge in [0.1, 0.15) is 0 Å². The molecule has 2 aromatic carbocycles. The number of hydrogen-bond donors (Lipinski definition) is 0. The summed E-state index contributed by atoms with van der Waals surface area (Å²) in [6, 6.07) is 11.8. The molecule has 3 rings (SSSR count). The summed E-state index contributed by atoms with van der Waals surface area (Å²) < 4.78 is 27.3. The smallest absolute Gasteiger partial charge is 0.229 e. The molecule has 0 saturated heterocycles. The van der Waals surface area contributed by atoms with Crippen LogP contribution in [0, 0.1) is 0 Å². The molecular weight excluding hydrogens is 534 g/mol. The van der Waals surface area contributed by atoms with Crippen LogP contribution in [-0.4, -0.2) is 56.1 Å². The zero-order chi connectivity index (χ0) is 23.3. The van der Waals surface area contributed by atoms with Crippen molar-refractivity contribution in [2.24, 2.45) is 0 Å². The normalized spacial score (nSPS) is 11.9. The van der Waals surface area contributed by atoms with E-state index in [2.05, 4.69) is 39.7 Å². The number of halogens is 2. The third kappa shape index (κ3) is 6.29. The van der Waals surface area contributed by atoms with Gasteiger partial charge in [-0.1, -0.05) is 52.7 Å². The van der Waals surface area contributed by atoms with Crippen LogP contribution >= 0.6 is 38.9 Å². The second kappa shape index (κ2) is 11.1. The Labute approximate surface area is 206 Å². The first-order valence-electron chi connectivity index (χ1n) is 10.3. The van der Waals surface area contributed by atoms with Crippen molar-refractivity contribution in [3.8, 4) is 0 Å². The fourth-order valence-electron chi connectivity index (χ4n) is 3.23. The first-order chi connectivity index (χ1) is 15.2. The van der Waals surface area contributed by atoms with Gasteiger partial charge in [0.2, 0.25) is 5.91 Å². The summed E-state index contributed by atoms with van der Waals surface area (Å²) in [5.74, 6) is -0.529. The molecule has 0 unspecified atom stereocenters. The maximum atomic E-state index is 13.2. The lowest BCUT2D eigenvalue weighted by molar-refractivity contribution is -0.118. The van der Waals surface area contributed by atoms with Gasteiger partial charge in [0.15, 0.2) is 15.0 Å². The quantitative estimate of drug-likeness (QED) is 0.340. The van der Waals surface area contributed by atoms with Crippen LogP contribution in [0.3, 0.4) is 0 Å². The summed E-state index contributed by atoms with van der Waals surface area (Å²) >= 11 is 10.8. The number of thiazole rings is 1. The van der Waals surface area contributed by atoms with Crippen molar-refractivity contribution in [3.05, 3.63) is 52.0 Å². The number of anilines is 1. The maximum Gasteiger partial charge on any atom is 0.229 e. The van der Waals surface area contributed by atoms with Gasteiger partial charge in [-0.05, 0) is 55.6 Å². The number of fused-ring (bicyclic) bond motifs is 1. The minimum absolute atomic E-state index is 0.122. The van der Waals surface area contributed by atoms with Gasteiger partial charge in [-0.2, -0.15) is 0 Å². The van der Waals surface area contributed by atoms with Crippen LogP contribution < -0.4 is 4.90 Å². The Balaban J connectivity index is 1.81. The number of likely N-dealkylation sites (N-methyl/N-ethyl adjacent to an activating group) is 1. The van der Waals surface area contributed by atoms with Crippen molar-refractivity contribution in [2.45, 2.75) is 25.2 Å². The second-order valence-electron chi connectivity index (χ2n) is 7.20. The number of carbonyl (C=O) groups excluding carboxylic acids is 1. The van der Waals surface area contributed by atoms with Gasteiger partial charge in [0.05, 0.1) is 20.9 Å². The van der Waals surface area contributed by atoms with E-state index < -0.39 is 9.84 Å². The van der Waals surface area contributed by atoms with E-state index in [9.17, 15) is 13.2 Å².